The second kappa shape index (κ2) is 7.01. The van der Waals surface area contributed by atoms with E-state index in [1.807, 2.05) is 0 Å². The van der Waals surface area contributed by atoms with Crippen molar-refractivity contribution in [2.45, 2.75) is 10.8 Å². The molecule has 0 saturated carbocycles. The van der Waals surface area contributed by atoms with Crippen molar-refractivity contribution in [1.82, 2.24) is 4.31 Å². The molecule has 0 bridgehead atoms. The molecule has 102 valence electrons. The van der Waals surface area contributed by atoms with E-state index in [1.165, 1.54) is 23.6 Å². The molecule has 0 saturated heterocycles. The Morgan fingerprint density at radius 3 is 2.83 bits per heavy atom. The predicted molar refractivity (Wildman–Crippen MR) is 71.1 cm³/mol. The van der Waals surface area contributed by atoms with Gasteiger partial charge in [0.05, 0.1) is 13.2 Å². The molecule has 1 aromatic heterocycles. The Bertz CT molecular complexity index is 481. The number of hydrogen-bond donors (Lipinski definition) is 1. The van der Waals surface area contributed by atoms with Crippen molar-refractivity contribution in [1.29, 1.82) is 0 Å². The van der Waals surface area contributed by atoms with E-state index in [2.05, 4.69) is 6.58 Å². The molecule has 1 rings (SSSR count). The van der Waals surface area contributed by atoms with Crippen LogP contribution in [0.1, 0.15) is 5.56 Å². The van der Waals surface area contributed by atoms with Crippen molar-refractivity contribution in [3.05, 3.63) is 29.7 Å². The summed E-state index contributed by atoms with van der Waals surface area (Å²) in [5, 5.41) is 10.6. The van der Waals surface area contributed by atoms with E-state index in [9.17, 15) is 8.42 Å². The minimum atomic E-state index is -3.54. The standard InChI is InChI=1S/C11H17NO4S2/c1-3-4-12(5-6-16-2)18(14,15)11-7-10(8-13)9-17-11/h3,7,9,13H,1,4-6,8H2,2H3. The van der Waals surface area contributed by atoms with Gasteiger partial charge in [-0.15, -0.1) is 17.9 Å². The van der Waals surface area contributed by atoms with Crippen LogP contribution in [0.5, 0.6) is 0 Å². The molecule has 0 radical (unpaired) electrons. The summed E-state index contributed by atoms with van der Waals surface area (Å²) in [6.45, 7) is 4.23. The van der Waals surface area contributed by atoms with Crippen molar-refractivity contribution >= 4 is 21.4 Å². The van der Waals surface area contributed by atoms with Crippen LogP contribution in [0.4, 0.5) is 0 Å². The minimum absolute atomic E-state index is 0.161. The van der Waals surface area contributed by atoms with Crippen LogP contribution in [0.25, 0.3) is 0 Å². The molecule has 18 heavy (non-hydrogen) atoms. The third-order valence-electron chi connectivity index (χ3n) is 2.28. The monoisotopic (exact) mass is 291 g/mol. The molecule has 1 aromatic rings. The molecule has 0 aliphatic rings. The second-order valence-electron chi connectivity index (χ2n) is 3.58. The second-order valence-corrected chi connectivity index (χ2v) is 6.65. The first-order chi connectivity index (χ1) is 8.56. The van der Waals surface area contributed by atoms with E-state index in [0.717, 1.165) is 11.3 Å². The average molecular weight is 291 g/mol. The number of aliphatic hydroxyl groups excluding tert-OH is 1. The van der Waals surface area contributed by atoms with Crippen molar-refractivity contribution in [2.24, 2.45) is 0 Å². The lowest BCUT2D eigenvalue weighted by Gasteiger charge is -2.19. The molecular formula is C11H17NO4S2. The normalized spacial score (nSPS) is 11.9. The molecule has 0 unspecified atom stereocenters. The third kappa shape index (κ3) is 3.63. The first kappa shape index (κ1) is 15.3. The zero-order chi connectivity index (χ0) is 13.6. The fourth-order valence-corrected chi connectivity index (χ4v) is 4.09. The van der Waals surface area contributed by atoms with Gasteiger partial charge in [0.25, 0.3) is 10.0 Å². The maximum absolute atomic E-state index is 12.3. The molecule has 1 N–H and O–H groups in total. The van der Waals surface area contributed by atoms with E-state index in [-0.39, 0.29) is 23.9 Å². The summed E-state index contributed by atoms with van der Waals surface area (Å²) in [6, 6.07) is 1.49. The molecule has 0 aromatic carbocycles. The number of aliphatic hydroxyl groups is 1. The van der Waals surface area contributed by atoms with Gasteiger partial charge in [0, 0.05) is 20.2 Å². The van der Waals surface area contributed by atoms with E-state index < -0.39 is 10.0 Å². The predicted octanol–water partition coefficient (Wildman–Crippen LogP) is 1.06. The topological polar surface area (TPSA) is 66.8 Å². The minimum Gasteiger partial charge on any atom is -0.392 e. The van der Waals surface area contributed by atoms with E-state index in [4.69, 9.17) is 9.84 Å². The Morgan fingerprint density at radius 1 is 1.61 bits per heavy atom. The first-order valence-corrected chi connectivity index (χ1v) is 7.66. The summed E-state index contributed by atoms with van der Waals surface area (Å²) < 4.78 is 31.0. The number of sulfonamides is 1. The van der Waals surface area contributed by atoms with Gasteiger partial charge in [-0.05, 0) is 17.0 Å². The Kier molecular flexibility index (Phi) is 5.97. The highest BCUT2D eigenvalue weighted by molar-refractivity contribution is 7.91. The summed E-state index contributed by atoms with van der Waals surface area (Å²) in [5.74, 6) is 0. The van der Waals surface area contributed by atoms with Crippen LogP contribution in [-0.4, -0.2) is 44.6 Å². The number of thiophene rings is 1. The maximum Gasteiger partial charge on any atom is 0.252 e. The van der Waals surface area contributed by atoms with Crippen molar-refractivity contribution in [3.63, 3.8) is 0 Å². The maximum atomic E-state index is 12.3. The molecule has 0 amide bonds. The van der Waals surface area contributed by atoms with Crippen LogP contribution in [0, 0.1) is 0 Å². The Labute approximate surface area is 111 Å². The summed E-state index contributed by atoms with van der Waals surface area (Å²) in [4.78, 5) is 0. The van der Waals surface area contributed by atoms with Gasteiger partial charge in [-0.1, -0.05) is 6.08 Å². The number of nitrogens with zero attached hydrogens (tertiary/aromatic N) is 1. The SMILES string of the molecule is C=CCN(CCOC)S(=O)(=O)c1cc(CO)cs1. The quantitative estimate of drug-likeness (QED) is 0.727. The first-order valence-electron chi connectivity index (χ1n) is 5.34. The molecular weight excluding hydrogens is 274 g/mol. The number of rotatable bonds is 8. The van der Waals surface area contributed by atoms with Gasteiger partial charge in [0.1, 0.15) is 4.21 Å². The van der Waals surface area contributed by atoms with Crippen molar-refractivity contribution in [2.75, 3.05) is 26.8 Å². The highest BCUT2D eigenvalue weighted by Gasteiger charge is 2.24. The lowest BCUT2D eigenvalue weighted by atomic mass is 10.4. The molecule has 0 fully saturated rings. The van der Waals surface area contributed by atoms with Gasteiger partial charge < -0.3 is 9.84 Å². The van der Waals surface area contributed by atoms with E-state index in [0.29, 0.717) is 12.2 Å². The molecule has 7 heteroatoms. The molecule has 0 spiro atoms. The summed E-state index contributed by atoms with van der Waals surface area (Å²) in [7, 11) is -2.01. The summed E-state index contributed by atoms with van der Waals surface area (Å²) >= 11 is 1.10. The fraction of sp³-hybridized carbons (Fsp3) is 0.455. The van der Waals surface area contributed by atoms with Crippen molar-refractivity contribution < 1.29 is 18.3 Å². The van der Waals surface area contributed by atoms with E-state index in [1.54, 1.807) is 5.38 Å². The molecule has 5 nitrogen and oxygen atoms in total. The van der Waals surface area contributed by atoms with Gasteiger partial charge in [0.2, 0.25) is 0 Å². The van der Waals surface area contributed by atoms with Crippen molar-refractivity contribution in [3.8, 4) is 0 Å². The van der Waals surface area contributed by atoms with Crippen LogP contribution in [-0.2, 0) is 21.4 Å². The molecule has 0 aliphatic carbocycles. The van der Waals surface area contributed by atoms with Gasteiger partial charge in [-0.2, -0.15) is 4.31 Å². The van der Waals surface area contributed by atoms with Gasteiger partial charge in [-0.3, -0.25) is 0 Å². The van der Waals surface area contributed by atoms with Crippen LogP contribution in [0.3, 0.4) is 0 Å². The molecule has 1 heterocycles. The highest BCUT2D eigenvalue weighted by Crippen LogP contribution is 2.23. The third-order valence-corrected chi connectivity index (χ3v) is 5.61. The van der Waals surface area contributed by atoms with Crippen LogP contribution in [0.15, 0.2) is 28.3 Å². The lowest BCUT2D eigenvalue weighted by molar-refractivity contribution is 0.182. The van der Waals surface area contributed by atoms with Crippen LogP contribution >= 0.6 is 11.3 Å². The van der Waals surface area contributed by atoms with Crippen LogP contribution in [0.2, 0.25) is 0 Å². The fourth-order valence-electron chi connectivity index (χ4n) is 1.35. The summed E-state index contributed by atoms with van der Waals surface area (Å²) in [6.07, 6.45) is 1.54. The molecule has 0 atom stereocenters. The summed E-state index contributed by atoms with van der Waals surface area (Å²) in [5.41, 5.74) is 0.601. The van der Waals surface area contributed by atoms with E-state index >= 15 is 0 Å². The molecule has 0 aliphatic heterocycles. The number of methoxy groups -OCH3 is 1. The highest BCUT2D eigenvalue weighted by atomic mass is 32.2. The van der Waals surface area contributed by atoms with Gasteiger partial charge in [-0.25, -0.2) is 8.42 Å². The van der Waals surface area contributed by atoms with Gasteiger partial charge in [0.15, 0.2) is 0 Å². The zero-order valence-electron chi connectivity index (χ0n) is 10.2. The van der Waals surface area contributed by atoms with Crippen LogP contribution < -0.4 is 0 Å². The average Bonchev–Trinajstić information content (AvgIpc) is 2.83. The largest absolute Gasteiger partial charge is 0.392 e. The zero-order valence-corrected chi connectivity index (χ0v) is 11.8. The lowest BCUT2D eigenvalue weighted by Crippen LogP contribution is -2.33. The number of hydrogen-bond acceptors (Lipinski definition) is 5. The van der Waals surface area contributed by atoms with Gasteiger partial charge >= 0.3 is 0 Å². The Hall–Kier alpha value is -0.730. The Morgan fingerprint density at radius 2 is 2.33 bits per heavy atom. The smallest absolute Gasteiger partial charge is 0.252 e. The number of ether oxygens (including phenoxy) is 1. The Balaban J connectivity index is 2.96.